The molecule has 3 aromatic rings. The van der Waals surface area contributed by atoms with Gasteiger partial charge in [0.25, 0.3) is 15.9 Å². The van der Waals surface area contributed by atoms with Crippen molar-refractivity contribution in [1.82, 2.24) is 19.4 Å². The molecule has 3 aliphatic rings. The van der Waals surface area contributed by atoms with Crippen LogP contribution < -0.4 is 19.5 Å². The minimum atomic E-state index is -3.92. The molecule has 0 spiro atoms. The summed E-state index contributed by atoms with van der Waals surface area (Å²) in [7, 11) is -0.763. The van der Waals surface area contributed by atoms with Crippen LogP contribution in [0.15, 0.2) is 47.5 Å². The van der Waals surface area contributed by atoms with Crippen molar-refractivity contribution < 1.29 is 27.4 Å². The van der Waals surface area contributed by atoms with Crippen LogP contribution in [0.3, 0.4) is 0 Å². The maximum Gasteiger partial charge on any atom is 0.261 e. The third kappa shape index (κ3) is 4.88. The van der Waals surface area contributed by atoms with Gasteiger partial charge in [-0.05, 0) is 66.8 Å². The monoisotopic (exact) mass is 526 g/mol. The van der Waals surface area contributed by atoms with E-state index >= 15 is 0 Å². The quantitative estimate of drug-likeness (QED) is 0.558. The Morgan fingerprint density at radius 1 is 1.16 bits per heavy atom. The predicted molar refractivity (Wildman–Crippen MR) is 135 cm³/mol. The molecule has 2 aromatic carbocycles. The van der Waals surface area contributed by atoms with Crippen molar-refractivity contribution in [2.45, 2.75) is 30.8 Å². The highest BCUT2D eigenvalue weighted by Crippen LogP contribution is 2.43. The number of hydrogen-bond donors (Lipinski definition) is 1. The van der Waals surface area contributed by atoms with Crippen molar-refractivity contribution in [1.29, 1.82) is 0 Å². The summed E-state index contributed by atoms with van der Waals surface area (Å²) in [4.78, 5) is 12.3. The normalized spacial score (nSPS) is 18.6. The Balaban J connectivity index is 1.68. The van der Waals surface area contributed by atoms with Crippen LogP contribution in [0.1, 0.15) is 34.8 Å². The van der Waals surface area contributed by atoms with Gasteiger partial charge in [-0.2, -0.15) is 9.40 Å². The maximum atomic E-state index is 14.0. The van der Waals surface area contributed by atoms with Crippen LogP contribution >= 0.6 is 0 Å². The van der Waals surface area contributed by atoms with E-state index in [1.54, 1.807) is 20.0 Å². The molecule has 0 fully saturated rings. The number of methoxy groups -OCH3 is 1. The summed E-state index contributed by atoms with van der Waals surface area (Å²) >= 11 is 0. The van der Waals surface area contributed by atoms with Crippen LogP contribution in [0.25, 0.3) is 0 Å². The molecule has 1 aromatic heterocycles. The number of benzene rings is 2. The van der Waals surface area contributed by atoms with Crippen LogP contribution in [0.2, 0.25) is 0 Å². The van der Waals surface area contributed by atoms with Gasteiger partial charge in [-0.1, -0.05) is 12.1 Å². The molecule has 1 N–H and O–H groups in total. The molecular weight excluding hydrogens is 496 g/mol. The van der Waals surface area contributed by atoms with Crippen LogP contribution in [0.5, 0.6) is 17.2 Å². The van der Waals surface area contributed by atoms with Gasteiger partial charge in [-0.3, -0.25) is 9.48 Å². The number of fused-ring (bicyclic) bond motifs is 8. The minimum Gasteiger partial charge on any atom is -0.494 e. The van der Waals surface area contributed by atoms with E-state index in [1.165, 1.54) is 16.1 Å². The van der Waals surface area contributed by atoms with E-state index in [4.69, 9.17) is 14.2 Å². The topological polar surface area (TPSA) is 112 Å². The van der Waals surface area contributed by atoms with E-state index in [-0.39, 0.29) is 24.1 Å². The highest BCUT2D eigenvalue weighted by atomic mass is 32.2. The summed E-state index contributed by atoms with van der Waals surface area (Å²) in [5, 5.41) is 7.22. The van der Waals surface area contributed by atoms with Crippen LogP contribution in [-0.4, -0.2) is 61.8 Å². The highest BCUT2D eigenvalue weighted by Gasteiger charge is 2.40. The lowest BCUT2D eigenvalue weighted by atomic mass is 9.89. The summed E-state index contributed by atoms with van der Waals surface area (Å²) in [6.07, 6.45) is 1.08. The minimum absolute atomic E-state index is 0.130. The van der Waals surface area contributed by atoms with Crippen molar-refractivity contribution in [3.63, 3.8) is 0 Å². The first-order valence-electron chi connectivity index (χ1n) is 12.1. The Labute approximate surface area is 216 Å². The average Bonchev–Trinajstić information content (AvgIpc) is 3.24. The molecule has 0 saturated carbocycles. The molecule has 11 heteroatoms. The fourth-order valence-electron chi connectivity index (χ4n) is 4.89. The molecule has 0 aliphatic carbocycles. The Kier molecular flexibility index (Phi) is 6.82. The van der Waals surface area contributed by atoms with E-state index in [1.807, 2.05) is 36.4 Å². The molecule has 196 valence electrons. The molecule has 0 radical (unpaired) electrons. The summed E-state index contributed by atoms with van der Waals surface area (Å²) in [6.45, 7) is 2.71. The summed E-state index contributed by atoms with van der Waals surface area (Å²) in [6, 6.07) is 12.1. The molecule has 1 atom stereocenters. The summed E-state index contributed by atoms with van der Waals surface area (Å²) in [5.74, 6) is 1.25. The summed E-state index contributed by atoms with van der Waals surface area (Å²) < 4.78 is 48.3. The summed E-state index contributed by atoms with van der Waals surface area (Å²) in [5.41, 5.74) is 3.11. The molecule has 10 nitrogen and oxygen atoms in total. The molecule has 1 unspecified atom stereocenters. The second-order valence-electron chi connectivity index (χ2n) is 9.13. The van der Waals surface area contributed by atoms with Gasteiger partial charge in [-0.15, -0.1) is 0 Å². The van der Waals surface area contributed by atoms with Gasteiger partial charge in [0.05, 0.1) is 25.5 Å². The number of hydrogen-bond acceptors (Lipinski definition) is 7. The van der Waals surface area contributed by atoms with Crippen molar-refractivity contribution >= 4 is 15.9 Å². The number of ether oxygens (including phenoxy) is 3. The van der Waals surface area contributed by atoms with Gasteiger partial charge in [0, 0.05) is 20.1 Å². The Morgan fingerprint density at radius 3 is 2.76 bits per heavy atom. The van der Waals surface area contributed by atoms with Crippen LogP contribution in [0, 0.1) is 6.92 Å². The lowest BCUT2D eigenvalue weighted by molar-refractivity contribution is -0.123. The van der Waals surface area contributed by atoms with Crippen molar-refractivity contribution in [2.24, 2.45) is 7.05 Å². The molecular formula is C26H30N4O6S. The van der Waals surface area contributed by atoms with Crippen LogP contribution in [-0.2, 0) is 28.3 Å². The second-order valence-corrected chi connectivity index (χ2v) is 11.0. The number of carbonyl (C=O) groups excluding carboxylic acids is 1. The zero-order valence-electron chi connectivity index (χ0n) is 21.1. The largest absolute Gasteiger partial charge is 0.494 e. The van der Waals surface area contributed by atoms with E-state index < -0.39 is 16.1 Å². The van der Waals surface area contributed by atoms with Gasteiger partial charge in [0.1, 0.15) is 5.75 Å². The number of rotatable bonds is 3. The van der Waals surface area contributed by atoms with E-state index in [2.05, 4.69) is 10.4 Å². The van der Waals surface area contributed by atoms with Crippen LogP contribution in [0.4, 0.5) is 0 Å². The lowest BCUT2D eigenvalue weighted by Gasteiger charge is -2.37. The van der Waals surface area contributed by atoms with Gasteiger partial charge in [0.15, 0.2) is 23.1 Å². The predicted octanol–water partition coefficient (Wildman–Crippen LogP) is 2.35. The molecule has 1 amide bonds. The molecule has 37 heavy (non-hydrogen) atoms. The third-order valence-corrected chi connectivity index (χ3v) is 8.51. The first kappa shape index (κ1) is 25.1. The van der Waals surface area contributed by atoms with Gasteiger partial charge >= 0.3 is 0 Å². The SMILES string of the molecule is COc1cc2c3cc1OCC(=O)NCCCOc1cccc(c1)C2N(S(=O)(=O)c1cc(C)nn1C)CC3. The Hall–Kier alpha value is -3.57. The smallest absolute Gasteiger partial charge is 0.261 e. The number of nitrogens with one attached hydrogen (secondary N) is 1. The number of nitrogens with zero attached hydrogens (tertiary/aromatic N) is 3. The maximum absolute atomic E-state index is 14.0. The number of aromatic nitrogens is 2. The fraction of sp³-hybridized carbons (Fsp3) is 0.385. The zero-order chi connectivity index (χ0) is 26.2. The fourth-order valence-corrected chi connectivity index (χ4v) is 6.67. The Bertz CT molecular complexity index is 1430. The molecule has 3 aliphatic heterocycles. The number of aryl methyl sites for hydroxylation is 2. The van der Waals surface area contributed by atoms with E-state index in [0.29, 0.717) is 48.9 Å². The molecule has 6 bridgehead atoms. The number of sulfonamides is 1. The number of amides is 1. The zero-order valence-corrected chi connectivity index (χ0v) is 21.9. The van der Waals surface area contributed by atoms with Crippen molar-refractivity contribution in [3.8, 4) is 17.2 Å². The van der Waals surface area contributed by atoms with Gasteiger partial charge in [-0.25, -0.2) is 8.42 Å². The first-order chi connectivity index (χ1) is 17.8. The lowest BCUT2D eigenvalue weighted by Crippen LogP contribution is -2.41. The second kappa shape index (κ2) is 10.1. The molecule has 6 rings (SSSR count). The van der Waals surface area contributed by atoms with E-state index in [0.717, 1.165) is 16.7 Å². The van der Waals surface area contributed by atoms with Gasteiger partial charge < -0.3 is 19.5 Å². The average molecular weight is 527 g/mol. The third-order valence-electron chi connectivity index (χ3n) is 6.59. The Morgan fingerprint density at radius 2 is 2.00 bits per heavy atom. The van der Waals surface area contributed by atoms with Crippen molar-refractivity contribution in [2.75, 3.05) is 33.4 Å². The van der Waals surface area contributed by atoms with Crippen molar-refractivity contribution in [3.05, 3.63) is 64.8 Å². The number of carbonyl (C=O) groups is 1. The molecule has 0 saturated heterocycles. The first-order valence-corrected chi connectivity index (χ1v) is 13.6. The molecule has 4 heterocycles. The van der Waals surface area contributed by atoms with Gasteiger partial charge in [0.2, 0.25) is 0 Å². The highest BCUT2D eigenvalue weighted by molar-refractivity contribution is 7.89. The standard InChI is InChI=1S/C26H30N4O6S/c1-17-12-25(29(2)28-17)37(32,33)30-10-8-18-14-23-22(34-3)15-21(18)26(30)19-6-4-7-20(13-19)35-11-5-9-27-24(31)16-36-23/h4,6-7,12-15,26H,5,8-11,16H2,1-3H3,(H,27,31). The van der Waals surface area contributed by atoms with E-state index in [9.17, 15) is 13.2 Å².